The zero-order valence-corrected chi connectivity index (χ0v) is 14.7. The summed E-state index contributed by atoms with van der Waals surface area (Å²) in [7, 11) is 5.05. The van der Waals surface area contributed by atoms with Gasteiger partial charge >= 0.3 is 0 Å². The number of benzene rings is 2. The van der Waals surface area contributed by atoms with Gasteiger partial charge in [0.05, 0.1) is 20.8 Å². The Morgan fingerprint density at radius 1 is 0.875 bits per heavy atom. The highest BCUT2D eigenvalue weighted by Crippen LogP contribution is 2.21. The van der Waals surface area contributed by atoms with Gasteiger partial charge in [0.15, 0.2) is 0 Å². The predicted molar refractivity (Wildman–Crippen MR) is 97.3 cm³/mol. The smallest absolute Gasteiger partial charge is 0.246 e. The van der Waals surface area contributed by atoms with Crippen molar-refractivity contribution in [2.24, 2.45) is 0 Å². The summed E-state index contributed by atoms with van der Waals surface area (Å²) in [5.41, 5.74) is 1.83. The van der Waals surface area contributed by atoms with E-state index in [-0.39, 0.29) is 5.91 Å². The highest BCUT2D eigenvalue weighted by Gasteiger charge is 2.15. The van der Waals surface area contributed by atoms with Gasteiger partial charge in [-0.3, -0.25) is 4.79 Å². The molecule has 5 heteroatoms. The number of anilines is 2. The number of likely N-dealkylation sites (N-methyl/N-ethyl adjacent to an activating group) is 2. The van der Waals surface area contributed by atoms with Crippen LogP contribution in [0.3, 0.4) is 0 Å². The minimum atomic E-state index is 0.0258. The fourth-order valence-electron chi connectivity index (χ4n) is 2.40. The standard InChI is InChI=1S/C19H24N2O3/c1-5-21(16-8-12-18(24-4)13-9-16)14-19(22)20(2)15-6-10-17(23-3)11-7-15/h6-13H,5,14H2,1-4H3. The maximum Gasteiger partial charge on any atom is 0.246 e. The third-order valence-electron chi connectivity index (χ3n) is 3.98. The van der Waals surface area contributed by atoms with Crippen LogP contribution in [0.1, 0.15) is 6.92 Å². The molecule has 0 radical (unpaired) electrons. The van der Waals surface area contributed by atoms with Crippen molar-refractivity contribution in [2.75, 3.05) is 44.2 Å². The zero-order valence-electron chi connectivity index (χ0n) is 14.7. The van der Waals surface area contributed by atoms with Crippen LogP contribution in [-0.4, -0.2) is 40.3 Å². The predicted octanol–water partition coefficient (Wildman–Crippen LogP) is 3.19. The lowest BCUT2D eigenvalue weighted by atomic mass is 10.2. The monoisotopic (exact) mass is 328 g/mol. The number of amides is 1. The van der Waals surface area contributed by atoms with Crippen molar-refractivity contribution >= 4 is 17.3 Å². The molecule has 0 spiro atoms. The molecule has 2 rings (SSSR count). The Balaban J connectivity index is 2.06. The Labute approximate surface area is 143 Å². The fraction of sp³-hybridized carbons (Fsp3) is 0.316. The molecule has 0 aliphatic rings. The van der Waals surface area contributed by atoms with Gasteiger partial charge in [0.2, 0.25) is 5.91 Å². The molecule has 0 saturated carbocycles. The lowest BCUT2D eigenvalue weighted by Gasteiger charge is -2.26. The first-order valence-corrected chi connectivity index (χ1v) is 7.88. The maximum absolute atomic E-state index is 12.6. The van der Waals surface area contributed by atoms with Crippen LogP contribution >= 0.6 is 0 Å². The van der Waals surface area contributed by atoms with Crippen molar-refractivity contribution in [3.63, 3.8) is 0 Å². The van der Waals surface area contributed by atoms with Gasteiger partial charge in [-0.2, -0.15) is 0 Å². The van der Waals surface area contributed by atoms with Crippen LogP contribution in [0.5, 0.6) is 11.5 Å². The molecule has 24 heavy (non-hydrogen) atoms. The van der Waals surface area contributed by atoms with E-state index in [0.29, 0.717) is 6.54 Å². The number of ether oxygens (including phenoxy) is 2. The maximum atomic E-state index is 12.6. The van der Waals surface area contributed by atoms with E-state index in [1.165, 1.54) is 0 Å². The second-order valence-corrected chi connectivity index (χ2v) is 5.36. The molecule has 0 fully saturated rings. The minimum Gasteiger partial charge on any atom is -0.497 e. The SMILES string of the molecule is CCN(CC(=O)N(C)c1ccc(OC)cc1)c1ccc(OC)cc1. The summed E-state index contributed by atoms with van der Waals surface area (Å²) >= 11 is 0. The molecule has 1 amide bonds. The zero-order chi connectivity index (χ0) is 17.5. The van der Waals surface area contributed by atoms with Gasteiger partial charge in [0.25, 0.3) is 0 Å². The summed E-state index contributed by atoms with van der Waals surface area (Å²) in [6.45, 7) is 3.09. The lowest BCUT2D eigenvalue weighted by molar-refractivity contribution is -0.117. The average Bonchev–Trinajstić information content (AvgIpc) is 2.65. The number of carbonyl (C=O) groups excluding carboxylic acids is 1. The molecular weight excluding hydrogens is 304 g/mol. The summed E-state index contributed by atoms with van der Waals surface area (Å²) in [5, 5.41) is 0. The molecule has 0 heterocycles. The first-order chi connectivity index (χ1) is 11.6. The van der Waals surface area contributed by atoms with Crippen LogP contribution in [-0.2, 0) is 4.79 Å². The first kappa shape index (κ1) is 17.7. The van der Waals surface area contributed by atoms with E-state index in [1.807, 2.05) is 60.4 Å². The molecule has 2 aromatic carbocycles. The number of methoxy groups -OCH3 is 2. The topological polar surface area (TPSA) is 42.0 Å². The van der Waals surface area contributed by atoms with E-state index < -0.39 is 0 Å². The molecule has 0 aliphatic heterocycles. The van der Waals surface area contributed by atoms with Crippen molar-refractivity contribution in [1.82, 2.24) is 0 Å². The Hall–Kier alpha value is -2.69. The third kappa shape index (κ3) is 4.19. The van der Waals surface area contributed by atoms with Crippen molar-refractivity contribution < 1.29 is 14.3 Å². The molecule has 0 N–H and O–H groups in total. The summed E-state index contributed by atoms with van der Waals surface area (Å²) in [5.74, 6) is 1.60. The molecule has 5 nitrogen and oxygen atoms in total. The van der Waals surface area contributed by atoms with Crippen molar-refractivity contribution in [3.8, 4) is 11.5 Å². The summed E-state index contributed by atoms with van der Waals surface area (Å²) < 4.78 is 10.3. The van der Waals surface area contributed by atoms with Crippen LogP contribution < -0.4 is 19.3 Å². The molecule has 0 aromatic heterocycles. The number of hydrogen-bond acceptors (Lipinski definition) is 4. The second-order valence-electron chi connectivity index (χ2n) is 5.36. The van der Waals surface area contributed by atoms with Gasteiger partial charge in [0.1, 0.15) is 11.5 Å². The summed E-state index contributed by atoms with van der Waals surface area (Å²) in [6, 6.07) is 15.2. The molecule has 0 bridgehead atoms. The van der Waals surface area contributed by atoms with Crippen molar-refractivity contribution in [2.45, 2.75) is 6.92 Å². The van der Waals surface area contributed by atoms with E-state index >= 15 is 0 Å². The van der Waals surface area contributed by atoms with E-state index in [4.69, 9.17) is 9.47 Å². The van der Waals surface area contributed by atoms with Crippen molar-refractivity contribution in [1.29, 1.82) is 0 Å². The van der Waals surface area contributed by atoms with E-state index in [2.05, 4.69) is 0 Å². The minimum absolute atomic E-state index is 0.0258. The van der Waals surface area contributed by atoms with Gasteiger partial charge in [0, 0.05) is 25.0 Å². The van der Waals surface area contributed by atoms with Gasteiger partial charge < -0.3 is 19.3 Å². The molecule has 128 valence electrons. The number of carbonyl (C=O) groups is 1. The summed E-state index contributed by atoms with van der Waals surface area (Å²) in [6.07, 6.45) is 0. The van der Waals surface area contributed by atoms with Crippen molar-refractivity contribution in [3.05, 3.63) is 48.5 Å². The second kappa shape index (κ2) is 8.24. The van der Waals surface area contributed by atoms with Gasteiger partial charge in [-0.05, 0) is 55.5 Å². The number of nitrogens with zero attached hydrogens (tertiary/aromatic N) is 2. The van der Waals surface area contributed by atoms with Crippen LogP contribution in [0.2, 0.25) is 0 Å². The highest BCUT2D eigenvalue weighted by molar-refractivity contribution is 5.96. The summed E-state index contributed by atoms with van der Waals surface area (Å²) in [4.78, 5) is 16.3. The fourth-order valence-corrected chi connectivity index (χ4v) is 2.40. The Kier molecular flexibility index (Phi) is 6.07. The van der Waals surface area contributed by atoms with Gasteiger partial charge in [-0.25, -0.2) is 0 Å². The Morgan fingerprint density at radius 2 is 1.33 bits per heavy atom. The van der Waals surface area contributed by atoms with E-state index in [0.717, 1.165) is 29.4 Å². The molecule has 0 saturated heterocycles. The Morgan fingerprint density at radius 3 is 1.75 bits per heavy atom. The lowest BCUT2D eigenvalue weighted by Crippen LogP contribution is -2.38. The van der Waals surface area contributed by atoms with Crippen LogP contribution in [0.4, 0.5) is 11.4 Å². The number of rotatable bonds is 7. The molecule has 0 atom stereocenters. The third-order valence-corrected chi connectivity index (χ3v) is 3.98. The van der Waals surface area contributed by atoms with Gasteiger partial charge in [-0.15, -0.1) is 0 Å². The van der Waals surface area contributed by atoms with E-state index in [1.54, 1.807) is 26.2 Å². The quantitative estimate of drug-likeness (QED) is 0.783. The number of hydrogen-bond donors (Lipinski definition) is 0. The normalized spacial score (nSPS) is 10.2. The largest absolute Gasteiger partial charge is 0.497 e. The molecule has 0 aliphatic carbocycles. The van der Waals surface area contributed by atoms with Crippen LogP contribution in [0.25, 0.3) is 0 Å². The van der Waals surface area contributed by atoms with E-state index in [9.17, 15) is 4.79 Å². The molecule has 2 aromatic rings. The average molecular weight is 328 g/mol. The molecular formula is C19H24N2O3. The van der Waals surface area contributed by atoms with Crippen LogP contribution in [0.15, 0.2) is 48.5 Å². The molecule has 0 unspecified atom stereocenters. The van der Waals surface area contributed by atoms with Gasteiger partial charge in [-0.1, -0.05) is 0 Å². The highest BCUT2D eigenvalue weighted by atomic mass is 16.5. The first-order valence-electron chi connectivity index (χ1n) is 7.88. The Bertz CT molecular complexity index is 653. The van der Waals surface area contributed by atoms with Crippen LogP contribution in [0, 0.1) is 0 Å².